The molecule has 0 saturated heterocycles. The predicted octanol–water partition coefficient (Wildman–Crippen LogP) is 4.49. The van der Waals surface area contributed by atoms with Crippen LogP contribution < -0.4 is 10.6 Å². The van der Waals surface area contributed by atoms with E-state index in [0.717, 1.165) is 15.8 Å². The monoisotopic (exact) mass is 408 g/mol. The molecule has 28 heavy (non-hydrogen) atoms. The van der Waals surface area contributed by atoms with Crippen LogP contribution in [0.25, 0.3) is 10.2 Å². The van der Waals surface area contributed by atoms with Gasteiger partial charge in [0.25, 0.3) is 5.91 Å². The molecule has 0 unspecified atom stereocenters. The zero-order valence-corrected chi connectivity index (χ0v) is 16.6. The number of hydrogen-bond donors (Lipinski definition) is 2. The van der Waals surface area contributed by atoms with Crippen LogP contribution in [0.1, 0.15) is 21.6 Å². The first-order valence-corrected chi connectivity index (χ1v) is 10.2. The van der Waals surface area contributed by atoms with Crippen molar-refractivity contribution < 1.29 is 9.59 Å². The highest BCUT2D eigenvalue weighted by Gasteiger charge is 2.13. The number of aryl methyl sites for hydroxylation is 1. The van der Waals surface area contributed by atoms with Gasteiger partial charge >= 0.3 is 0 Å². The normalized spacial score (nSPS) is 10.8. The highest BCUT2D eigenvalue weighted by atomic mass is 32.1. The average Bonchev–Trinajstić information content (AvgIpc) is 3.29. The van der Waals surface area contributed by atoms with E-state index in [0.29, 0.717) is 21.5 Å². The van der Waals surface area contributed by atoms with Gasteiger partial charge in [0.15, 0.2) is 10.3 Å². The van der Waals surface area contributed by atoms with E-state index in [1.165, 1.54) is 22.7 Å². The third-order valence-electron chi connectivity index (χ3n) is 4.02. The summed E-state index contributed by atoms with van der Waals surface area (Å²) in [7, 11) is 0. The second-order valence-electron chi connectivity index (χ2n) is 6.13. The molecule has 0 spiro atoms. The predicted molar refractivity (Wildman–Crippen MR) is 113 cm³/mol. The van der Waals surface area contributed by atoms with Crippen LogP contribution in [-0.2, 0) is 11.2 Å². The Morgan fingerprint density at radius 1 is 0.964 bits per heavy atom. The maximum Gasteiger partial charge on any atom is 0.257 e. The lowest BCUT2D eigenvalue weighted by molar-refractivity contribution is -0.115. The van der Waals surface area contributed by atoms with Crippen molar-refractivity contribution in [1.82, 2.24) is 9.97 Å². The molecule has 140 valence electrons. The summed E-state index contributed by atoms with van der Waals surface area (Å²) in [6, 6.07) is 14.9. The summed E-state index contributed by atoms with van der Waals surface area (Å²) in [5.41, 5.74) is 3.14. The number of amides is 2. The number of aromatic nitrogens is 2. The minimum atomic E-state index is -0.226. The summed E-state index contributed by atoms with van der Waals surface area (Å²) in [5, 5.41) is 8.38. The Balaban J connectivity index is 1.38. The van der Waals surface area contributed by atoms with E-state index < -0.39 is 0 Å². The van der Waals surface area contributed by atoms with Crippen molar-refractivity contribution >= 4 is 55.0 Å². The number of carbonyl (C=O) groups is 2. The van der Waals surface area contributed by atoms with E-state index in [2.05, 4.69) is 20.6 Å². The highest BCUT2D eigenvalue weighted by molar-refractivity contribution is 7.22. The highest BCUT2D eigenvalue weighted by Crippen LogP contribution is 2.28. The second-order valence-corrected chi connectivity index (χ2v) is 8.02. The van der Waals surface area contributed by atoms with Gasteiger partial charge in [-0.25, -0.2) is 9.97 Å². The molecule has 0 aliphatic rings. The number of thiazole rings is 2. The quantitative estimate of drug-likeness (QED) is 0.509. The molecule has 0 atom stereocenters. The number of fused-ring (bicyclic) bond motifs is 1. The first-order chi connectivity index (χ1) is 13.6. The smallest absolute Gasteiger partial charge is 0.257 e. The molecular formula is C20H16N4O2S2. The van der Waals surface area contributed by atoms with E-state index in [1.54, 1.807) is 29.6 Å². The van der Waals surface area contributed by atoms with Crippen LogP contribution in [0.2, 0.25) is 0 Å². The van der Waals surface area contributed by atoms with Gasteiger partial charge in [0.2, 0.25) is 5.91 Å². The van der Waals surface area contributed by atoms with Crippen LogP contribution >= 0.6 is 22.7 Å². The average molecular weight is 409 g/mol. The standard InChI is InChI=1S/C20H16N4O2S2/c1-12-6-5-9-15-17(12)23-20(28-15)22-16(25)10-14-11-27-19(21-14)24-18(26)13-7-3-2-4-8-13/h2-9,11H,10H2,1H3,(H,21,24,26)(H,22,23,25). The summed E-state index contributed by atoms with van der Waals surface area (Å²) < 4.78 is 1.04. The Kier molecular flexibility index (Phi) is 5.14. The van der Waals surface area contributed by atoms with Gasteiger partial charge in [-0.05, 0) is 30.7 Å². The lowest BCUT2D eigenvalue weighted by Crippen LogP contribution is -2.15. The van der Waals surface area contributed by atoms with Gasteiger partial charge in [0.1, 0.15) is 0 Å². The lowest BCUT2D eigenvalue weighted by atomic mass is 10.2. The molecule has 2 aromatic heterocycles. The van der Waals surface area contributed by atoms with Crippen LogP contribution in [0.15, 0.2) is 53.9 Å². The second kappa shape index (κ2) is 7.87. The number of nitrogens with zero attached hydrogens (tertiary/aromatic N) is 2. The Hall–Kier alpha value is -3.10. The molecule has 4 rings (SSSR count). The third kappa shape index (κ3) is 4.08. The minimum Gasteiger partial charge on any atom is -0.302 e. The molecule has 2 aromatic carbocycles. The topological polar surface area (TPSA) is 84.0 Å². The fourth-order valence-corrected chi connectivity index (χ4v) is 4.34. The van der Waals surface area contributed by atoms with E-state index >= 15 is 0 Å². The Morgan fingerprint density at radius 2 is 1.79 bits per heavy atom. The molecule has 2 amide bonds. The van der Waals surface area contributed by atoms with Gasteiger partial charge in [-0.1, -0.05) is 41.7 Å². The molecule has 0 fully saturated rings. The summed E-state index contributed by atoms with van der Waals surface area (Å²) in [5.74, 6) is -0.418. The van der Waals surface area contributed by atoms with Crippen LogP contribution in [-0.4, -0.2) is 21.8 Å². The number of para-hydroxylation sites is 1. The molecule has 0 aliphatic carbocycles. The van der Waals surface area contributed by atoms with Gasteiger partial charge in [0.05, 0.1) is 22.3 Å². The first kappa shape index (κ1) is 18.3. The summed E-state index contributed by atoms with van der Waals surface area (Å²) in [6.07, 6.45) is 0.118. The van der Waals surface area contributed by atoms with Crippen molar-refractivity contribution in [3.63, 3.8) is 0 Å². The Morgan fingerprint density at radius 3 is 2.57 bits per heavy atom. The largest absolute Gasteiger partial charge is 0.302 e. The van der Waals surface area contributed by atoms with Crippen molar-refractivity contribution in [2.45, 2.75) is 13.3 Å². The Labute approximate surface area is 169 Å². The third-order valence-corrected chi connectivity index (χ3v) is 5.76. The van der Waals surface area contributed by atoms with Crippen molar-refractivity contribution in [3.8, 4) is 0 Å². The Bertz CT molecular complexity index is 1150. The van der Waals surface area contributed by atoms with Crippen molar-refractivity contribution in [1.29, 1.82) is 0 Å². The minimum absolute atomic E-state index is 0.118. The summed E-state index contributed by atoms with van der Waals surface area (Å²) >= 11 is 2.73. The van der Waals surface area contributed by atoms with Gasteiger partial charge < -0.3 is 5.32 Å². The number of nitrogens with one attached hydrogen (secondary N) is 2. The van der Waals surface area contributed by atoms with Crippen molar-refractivity contribution in [3.05, 3.63) is 70.7 Å². The molecule has 8 heteroatoms. The summed E-state index contributed by atoms with van der Waals surface area (Å²) in [4.78, 5) is 33.3. The molecule has 0 saturated carbocycles. The number of rotatable bonds is 5. The molecule has 2 heterocycles. The van der Waals surface area contributed by atoms with E-state index in [1.807, 2.05) is 31.2 Å². The number of hydrogen-bond acceptors (Lipinski definition) is 6. The number of carbonyl (C=O) groups excluding carboxylic acids is 2. The van der Waals surface area contributed by atoms with E-state index in [4.69, 9.17) is 0 Å². The van der Waals surface area contributed by atoms with E-state index in [-0.39, 0.29) is 18.2 Å². The lowest BCUT2D eigenvalue weighted by Gasteiger charge is -2.01. The molecule has 0 bridgehead atoms. The molecule has 0 radical (unpaired) electrons. The summed E-state index contributed by atoms with van der Waals surface area (Å²) in [6.45, 7) is 1.99. The maximum absolute atomic E-state index is 12.3. The van der Waals surface area contributed by atoms with Crippen LogP contribution in [0.3, 0.4) is 0 Å². The van der Waals surface area contributed by atoms with Crippen molar-refractivity contribution in [2.75, 3.05) is 10.6 Å². The fourth-order valence-electron chi connectivity index (χ4n) is 2.67. The number of anilines is 2. The van der Waals surface area contributed by atoms with Crippen LogP contribution in [0.5, 0.6) is 0 Å². The van der Waals surface area contributed by atoms with Crippen LogP contribution in [0.4, 0.5) is 10.3 Å². The maximum atomic E-state index is 12.3. The van der Waals surface area contributed by atoms with Crippen LogP contribution in [0, 0.1) is 6.92 Å². The zero-order valence-electron chi connectivity index (χ0n) is 14.9. The fraction of sp³-hybridized carbons (Fsp3) is 0.100. The first-order valence-electron chi connectivity index (χ1n) is 8.55. The molecule has 2 N–H and O–H groups in total. The SMILES string of the molecule is Cc1cccc2sc(NC(=O)Cc3csc(NC(=O)c4ccccc4)n3)nc12. The van der Waals surface area contributed by atoms with Gasteiger partial charge in [0, 0.05) is 10.9 Å². The molecule has 0 aliphatic heterocycles. The van der Waals surface area contributed by atoms with Gasteiger partial charge in [-0.3, -0.25) is 14.9 Å². The van der Waals surface area contributed by atoms with E-state index in [9.17, 15) is 9.59 Å². The molecular weight excluding hydrogens is 392 g/mol. The zero-order chi connectivity index (χ0) is 19.5. The van der Waals surface area contributed by atoms with Gasteiger partial charge in [-0.2, -0.15) is 0 Å². The molecule has 6 nitrogen and oxygen atoms in total. The van der Waals surface area contributed by atoms with Crippen molar-refractivity contribution in [2.24, 2.45) is 0 Å². The molecule has 4 aromatic rings. The van der Waals surface area contributed by atoms with Gasteiger partial charge in [-0.15, -0.1) is 11.3 Å². The number of benzene rings is 2.